The van der Waals surface area contributed by atoms with Crippen LogP contribution < -0.4 is 10.6 Å². The number of anilines is 1. The van der Waals surface area contributed by atoms with Gasteiger partial charge in [-0.05, 0) is 35.9 Å². The number of fused-ring (bicyclic) bond motifs is 1. The Morgan fingerprint density at radius 3 is 2.62 bits per heavy atom. The molecule has 1 atom stereocenters. The van der Waals surface area contributed by atoms with Crippen molar-refractivity contribution < 1.29 is 8.81 Å². The van der Waals surface area contributed by atoms with Crippen molar-refractivity contribution >= 4 is 40.3 Å². The van der Waals surface area contributed by atoms with Gasteiger partial charge in [-0.15, -0.1) is 0 Å². The number of halogens is 3. The van der Waals surface area contributed by atoms with E-state index in [-0.39, 0.29) is 0 Å². The van der Waals surface area contributed by atoms with Gasteiger partial charge in [0.05, 0.1) is 18.3 Å². The van der Waals surface area contributed by atoms with Crippen molar-refractivity contribution in [2.75, 3.05) is 11.9 Å². The van der Waals surface area contributed by atoms with Crippen molar-refractivity contribution in [1.29, 1.82) is 0 Å². The SMILES string of the molecule is FC1=C(C(Nc2nc3ccccc3o2)c2ccc(Cl)cc2)NCC(Cl)=C1. The summed E-state index contributed by atoms with van der Waals surface area (Å²) >= 11 is 11.9. The molecule has 1 aromatic heterocycles. The van der Waals surface area contributed by atoms with E-state index in [1.165, 1.54) is 6.08 Å². The molecule has 132 valence electrons. The Labute approximate surface area is 159 Å². The van der Waals surface area contributed by atoms with Crippen LogP contribution in [0.3, 0.4) is 0 Å². The van der Waals surface area contributed by atoms with Gasteiger partial charge in [0.2, 0.25) is 0 Å². The molecule has 0 radical (unpaired) electrons. The summed E-state index contributed by atoms with van der Waals surface area (Å²) in [5.41, 5.74) is 2.54. The molecule has 0 aliphatic carbocycles. The van der Waals surface area contributed by atoms with Crippen LogP contribution in [0.4, 0.5) is 10.4 Å². The predicted molar refractivity (Wildman–Crippen MR) is 102 cm³/mol. The Morgan fingerprint density at radius 2 is 1.88 bits per heavy atom. The number of nitrogens with zero attached hydrogens (tertiary/aromatic N) is 1. The largest absolute Gasteiger partial charge is 0.424 e. The Kier molecular flexibility index (Phi) is 4.57. The molecular formula is C19H14Cl2FN3O. The molecule has 1 unspecified atom stereocenters. The first-order valence-electron chi connectivity index (χ1n) is 7.97. The number of allylic oxidation sites excluding steroid dienone is 2. The summed E-state index contributed by atoms with van der Waals surface area (Å²) < 4.78 is 20.3. The van der Waals surface area contributed by atoms with Crippen molar-refractivity contribution in [3.63, 3.8) is 0 Å². The molecule has 1 aliphatic rings. The lowest BCUT2D eigenvalue weighted by atomic mass is 10.0. The molecule has 2 N–H and O–H groups in total. The minimum atomic E-state index is -0.540. The molecule has 0 spiro atoms. The number of para-hydroxylation sites is 2. The Hall–Kier alpha value is -2.50. The third-order valence-electron chi connectivity index (χ3n) is 4.04. The lowest BCUT2D eigenvalue weighted by molar-refractivity contribution is 0.576. The van der Waals surface area contributed by atoms with E-state index < -0.39 is 11.9 Å². The third-order valence-corrected chi connectivity index (χ3v) is 4.54. The zero-order valence-electron chi connectivity index (χ0n) is 13.5. The number of aromatic nitrogens is 1. The van der Waals surface area contributed by atoms with Crippen LogP contribution in [0.5, 0.6) is 0 Å². The summed E-state index contributed by atoms with van der Waals surface area (Å²) in [6.07, 6.45) is 1.31. The maximum atomic E-state index is 14.6. The van der Waals surface area contributed by atoms with Crippen molar-refractivity contribution in [3.8, 4) is 0 Å². The average molecular weight is 390 g/mol. The van der Waals surface area contributed by atoms with Crippen molar-refractivity contribution in [2.45, 2.75) is 6.04 Å². The number of oxazole rings is 1. The van der Waals surface area contributed by atoms with Crippen LogP contribution in [0.15, 0.2) is 75.6 Å². The molecule has 4 nitrogen and oxygen atoms in total. The van der Waals surface area contributed by atoms with Crippen LogP contribution >= 0.6 is 23.2 Å². The van der Waals surface area contributed by atoms with E-state index in [4.69, 9.17) is 27.6 Å². The van der Waals surface area contributed by atoms with Crippen molar-refractivity contribution in [1.82, 2.24) is 10.3 Å². The molecule has 0 saturated carbocycles. The molecular weight excluding hydrogens is 376 g/mol. The lowest BCUT2D eigenvalue weighted by Crippen LogP contribution is -2.28. The van der Waals surface area contributed by atoms with Gasteiger partial charge >= 0.3 is 0 Å². The first-order chi connectivity index (χ1) is 12.6. The van der Waals surface area contributed by atoms with Gasteiger partial charge in [0.1, 0.15) is 11.3 Å². The van der Waals surface area contributed by atoms with Crippen LogP contribution in [0.2, 0.25) is 5.02 Å². The average Bonchev–Trinajstić information content (AvgIpc) is 3.03. The van der Waals surface area contributed by atoms with Gasteiger partial charge in [-0.1, -0.05) is 47.5 Å². The van der Waals surface area contributed by atoms with Gasteiger partial charge in [-0.2, -0.15) is 4.98 Å². The summed E-state index contributed by atoms with van der Waals surface area (Å²) in [7, 11) is 0. The fraction of sp³-hybridized carbons (Fsp3) is 0.105. The molecule has 0 fully saturated rings. The second-order valence-corrected chi connectivity index (χ2v) is 6.74. The summed E-state index contributed by atoms with van der Waals surface area (Å²) in [6.45, 7) is 0.351. The van der Waals surface area contributed by atoms with Crippen molar-refractivity contribution in [3.05, 3.63) is 81.7 Å². The molecule has 2 heterocycles. The Balaban J connectivity index is 1.75. The first kappa shape index (κ1) is 16.9. The zero-order chi connectivity index (χ0) is 18.1. The highest BCUT2D eigenvalue weighted by Crippen LogP contribution is 2.32. The molecule has 26 heavy (non-hydrogen) atoms. The van der Waals surface area contributed by atoms with Gasteiger partial charge in [-0.3, -0.25) is 0 Å². The molecule has 0 amide bonds. The molecule has 3 aromatic rings. The van der Waals surface area contributed by atoms with Gasteiger partial charge in [0, 0.05) is 10.1 Å². The van der Waals surface area contributed by atoms with Crippen LogP contribution in [0, 0.1) is 0 Å². The predicted octanol–water partition coefficient (Wildman–Crippen LogP) is 5.54. The third kappa shape index (κ3) is 3.41. The summed E-state index contributed by atoms with van der Waals surface area (Å²) in [4.78, 5) is 4.41. The molecule has 0 saturated heterocycles. The topological polar surface area (TPSA) is 50.1 Å². The minimum absolute atomic E-state index is 0.300. The monoisotopic (exact) mass is 389 g/mol. The van der Waals surface area contributed by atoms with E-state index in [1.807, 2.05) is 36.4 Å². The van der Waals surface area contributed by atoms with Gasteiger partial charge in [-0.25, -0.2) is 4.39 Å². The maximum Gasteiger partial charge on any atom is 0.296 e. The van der Waals surface area contributed by atoms with E-state index in [2.05, 4.69) is 15.6 Å². The highest BCUT2D eigenvalue weighted by Gasteiger charge is 2.25. The van der Waals surface area contributed by atoms with Gasteiger partial charge < -0.3 is 15.1 Å². The first-order valence-corrected chi connectivity index (χ1v) is 8.73. The Morgan fingerprint density at radius 1 is 1.12 bits per heavy atom. The molecule has 7 heteroatoms. The standard InChI is InChI=1S/C19H14Cl2FN3O/c20-12-7-5-11(6-8-12)17(18-14(22)9-13(21)10-23-18)25-19-24-15-3-1-2-4-16(15)26-19/h1-9,17,23H,10H2,(H,24,25). The number of rotatable bonds is 4. The van der Waals surface area contributed by atoms with E-state index in [9.17, 15) is 4.39 Å². The second-order valence-electron chi connectivity index (χ2n) is 5.82. The van der Waals surface area contributed by atoms with Gasteiger partial charge in [0.25, 0.3) is 6.01 Å². The van der Waals surface area contributed by atoms with Gasteiger partial charge in [0.15, 0.2) is 5.58 Å². The molecule has 4 rings (SSSR count). The van der Waals surface area contributed by atoms with E-state index >= 15 is 0 Å². The van der Waals surface area contributed by atoms with E-state index in [0.717, 1.165) is 11.1 Å². The highest BCUT2D eigenvalue weighted by atomic mass is 35.5. The smallest absolute Gasteiger partial charge is 0.296 e. The lowest BCUT2D eigenvalue weighted by Gasteiger charge is -2.25. The number of hydrogen-bond donors (Lipinski definition) is 2. The number of dihydropyridines is 1. The summed E-state index contributed by atoms with van der Waals surface area (Å²) in [5, 5.41) is 7.20. The molecule has 1 aliphatic heterocycles. The Bertz CT molecular complexity index is 978. The van der Waals surface area contributed by atoms with Crippen LogP contribution in [0.25, 0.3) is 11.1 Å². The van der Waals surface area contributed by atoms with E-state index in [0.29, 0.717) is 33.9 Å². The molecule has 2 aromatic carbocycles. The zero-order valence-corrected chi connectivity index (χ0v) is 15.0. The minimum Gasteiger partial charge on any atom is -0.424 e. The normalized spacial score (nSPS) is 15.6. The second kappa shape index (κ2) is 7.02. The quantitative estimate of drug-likeness (QED) is 0.614. The maximum absolute atomic E-state index is 14.6. The van der Waals surface area contributed by atoms with Crippen LogP contribution in [-0.2, 0) is 0 Å². The highest BCUT2D eigenvalue weighted by molar-refractivity contribution is 6.30. The number of benzene rings is 2. The summed E-state index contributed by atoms with van der Waals surface area (Å²) in [6, 6.07) is 14.3. The fourth-order valence-corrected chi connectivity index (χ4v) is 3.09. The molecule has 0 bridgehead atoms. The van der Waals surface area contributed by atoms with E-state index in [1.54, 1.807) is 12.1 Å². The number of hydrogen-bond acceptors (Lipinski definition) is 4. The van der Waals surface area contributed by atoms with Crippen LogP contribution in [-0.4, -0.2) is 11.5 Å². The van der Waals surface area contributed by atoms with Crippen molar-refractivity contribution in [2.24, 2.45) is 0 Å². The summed E-state index contributed by atoms with van der Waals surface area (Å²) in [5.74, 6) is -0.440. The van der Waals surface area contributed by atoms with Crippen LogP contribution in [0.1, 0.15) is 11.6 Å². The fourth-order valence-electron chi connectivity index (χ4n) is 2.81. The number of nitrogens with one attached hydrogen (secondary N) is 2.